The topological polar surface area (TPSA) is 94.5 Å². The van der Waals surface area contributed by atoms with E-state index >= 15 is 0 Å². The third-order valence-corrected chi connectivity index (χ3v) is 4.93. The summed E-state index contributed by atoms with van der Waals surface area (Å²) in [6, 6.07) is 9.38. The number of piperidine rings is 1. The van der Waals surface area contributed by atoms with Gasteiger partial charge in [0.2, 0.25) is 0 Å². The number of benzene rings is 1. The summed E-state index contributed by atoms with van der Waals surface area (Å²) in [5.74, 6) is 0.468. The van der Waals surface area contributed by atoms with E-state index in [9.17, 15) is 4.79 Å². The zero-order chi connectivity index (χ0) is 18.8. The minimum Gasteiger partial charge on any atom is -0.493 e. The number of fused-ring (bicyclic) bond motifs is 1. The van der Waals surface area contributed by atoms with Crippen LogP contribution in [0.3, 0.4) is 0 Å². The molecule has 0 spiro atoms. The maximum absolute atomic E-state index is 11.2. The van der Waals surface area contributed by atoms with Crippen molar-refractivity contribution in [3.63, 3.8) is 0 Å². The first-order valence-electron chi connectivity index (χ1n) is 8.78. The largest absolute Gasteiger partial charge is 0.493 e. The second-order valence-electron chi connectivity index (χ2n) is 6.59. The van der Waals surface area contributed by atoms with Gasteiger partial charge in [0.25, 0.3) is 11.9 Å². The van der Waals surface area contributed by atoms with Gasteiger partial charge < -0.3 is 19.8 Å². The molecule has 2 aromatic heterocycles. The van der Waals surface area contributed by atoms with Gasteiger partial charge in [-0.15, -0.1) is 0 Å². The van der Waals surface area contributed by atoms with Crippen LogP contribution in [-0.2, 0) is 0 Å². The third-order valence-electron chi connectivity index (χ3n) is 4.69. The van der Waals surface area contributed by atoms with Crippen molar-refractivity contribution in [2.24, 2.45) is 11.7 Å². The van der Waals surface area contributed by atoms with Crippen LogP contribution in [0.2, 0.25) is 5.02 Å². The highest BCUT2D eigenvalue weighted by atomic mass is 35.5. The Balaban J connectivity index is 1.33. The molecule has 0 radical (unpaired) electrons. The molecule has 0 saturated carbocycles. The Morgan fingerprint density at radius 1 is 1.30 bits per heavy atom. The average molecular weight is 387 g/mol. The van der Waals surface area contributed by atoms with E-state index in [2.05, 4.69) is 14.9 Å². The van der Waals surface area contributed by atoms with Crippen molar-refractivity contribution in [1.82, 2.24) is 9.97 Å². The molecule has 0 bridgehead atoms. The van der Waals surface area contributed by atoms with E-state index in [4.69, 9.17) is 26.5 Å². The minimum atomic E-state index is -0.562. The third kappa shape index (κ3) is 3.98. The highest BCUT2D eigenvalue weighted by Crippen LogP contribution is 2.28. The van der Waals surface area contributed by atoms with Crippen molar-refractivity contribution in [3.05, 3.63) is 47.2 Å². The molecule has 0 unspecified atom stereocenters. The van der Waals surface area contributed by atoms with Crippen LogP contribution in [0.25, 0.3) is 11.1 Å². The van der Waals surface area contributed by atoms with Gasteiger partial charge in [0.15, 0.2) is 5.58 Å². The number of oxazole rings is 1. The molecule has 140 valence electrons. The zero-order valence-corrected chi connectivity index (χ0v) is 15.4. The summed E-state index contributed by atoms with van der Waals surface area (Å²) in [5, 5.41) is 0.636. The van der Waals surface area contributed by atoms with Crippen LogP contribution >= 0.6 is 11.6 Å². The molecule has 4 rings (SSSR count). The van der Waals surface area contributed by atoms with Crippen LogP contribution in [-0.4, -0.2) is 35.6 Å². The average Bonchev–Trinajstić information content (AvgIpc) is 3.10. The van der Waals surface area contributed by atoms with Crippen LogP contribution in [0.5, 0.6) is 5.75 Å². The molecule has 2 N–H and O–H groups in total. The molecule has 0 atom stereocenters. The molecule has 8 heteroatoms. The van der Waals surface area contributed by atoms with E-state index in [-0.39, 0.29) is 5.69 Å². The quantitative estimate of drug-likeness (QED) is 0.723. The van der Waals surface area contributed by atoms with Crippen LogP contribution in [0.1, 0.15) is 23.3 Å². The second-order valence-corrected chi connectivity index (χ2v) is 7.03. The maximum atomic E-state index is 11.2. The molecule has 1 aliphatic heterocycles. The van der Waals surface area contributed by atoms with Gasteiger partial charge in [0.05, 0.1) is 6.61 Å². The van der Waals surface area contributed by atoms with Crippen molar-refractivity contribution >= 4 is 34.6 Å². The highest BCUT2D eigenvalue weighted by molar-refractivity contribution is 6.31. The first-order valence-corrected chi connectivity index (χ1v) is 9.16. The SMILES string of the molecule is NC(=O)c1cc(OCC2CCN(c3nc4ccc(Cl)cc4o3)CC2)ccn1. The minimum absolute atomic E-state index is 0.207. The zero-order valence-electron chi connectivity index (χ0n) is 14.6. The summed E-state index contributed by atoms with van der Waals surface area (Å²) in [6.07, 6.45) is 3.46. The number of pyridine rings is 1. The number of nitrogens with zero attached hydrogens (tertiary/aromatic N) is 3. The summed E-state index contributed by atoms with van der Waals surface area (Å²) in [4.78, 5) is 21.8. The number of primary amides is 1. The van der Waals surface area contributed by atoms with E-state index < -0.39 is 5.91 Å². The van der Waals surface area contributed by atoms with Gasteiger partial charge in [-0.25, -0.2) is 0 Å². The monoisotopic (exact) mass is 386 g/mol. The molecular formula is C19H19ClN4O3. The van der Waals surface area contributed by atoms with Gasteiger partial charge in [-0.05, 0) is 37.0 Å². The van der Waals surface area contributed by atoms with E-state index in [1.807, 2.05) is 12.1 Å². The van der Waals surface area contributed by atoms with Crippen molar-refractivity contribution in [3.8, 4) is 5.75 Å². The van der Waals surface area contributed by atoms with Crippen LogP contribution in [0.4, 0.5) is 6.01 Å². The number of amides is 1. The number of nitrogens with two attached hydrogens (primary N) is 1. The molecule has 3 heterocycles. The standard InChI is InChI=1S/C19H19ClN4O3/c20-13-1-2-15-17(9-13)27-19(23-15)24-7-4-12(5-8-24)11-26-14-3-6-22-16(10-14)18(21)25/h1-3,6,9-10,12H,4-5,7-8,11H2,(H2,21,25). The Morgan fingerprint density at radius 3 is 2.89 bits per heavy atom. The van der Waals surface area contributed by atoms with Gasteiger partial charge >= 0.3 is 0 Å². The van der Waals surface area contributed by atoms with Crippen molar-refractivity contribution < 1.29 is 13.9 Å². The van der Waals surface area contributed by atoms with Gasteiger partial charge in [0.1, 0.15) is 17.0 Å². The molecule has 3 aromatic rings. The fraction of sp³-hybridized carbons (Fsp3) is 0.316. The predicted octanol–water partition coefficient (Wildman–Crippen LogP) is 3.27. The Bertz CT molecular complexity index is 966. The predicted molar refractivity (Wildman–Crippen MR) is 102 cm³/mol. The number of halogens is 1. The van der Waals surface area contributed by atoms with E-state index in [1.54, 1.807) is 18.2 Å². The van der Waals surface area contributed by atoms with Crippen molar-refractivity contribution in [2.75, 3.05) is 24.6 Å². The van der Waals surface area contributed by atoms with Gasteiger partial charge in [0, 0.05) is 36.4 Å². The number of hydrogen-bond donors (Lipinski definition) is 1. The molecule has 1 aromatic carbocycles. The van der Waals surface area contributed by atoms with Crippen molar-refractivity contribution in [2.45, 2.75) is 12.8 Å². The smallest absolute Gasteiger partial charge is 0.298 e. The molecule has 1 aliphatic rings. The highest BCUT2D eigenvalue weighted by Gasteiger charge is 2.23. The second kappa shape index (κ2) is 7.44. The molecule has 27 heavy (non-hydrogen) atoms. The van der Waals surface area contributed by atoms with E-state index in [0.717, 1.165) is 31.4 Å². The fourth-order valence-electron chi connectivity index (χ4n) is 3.16. The lowest BCUT2D eigenvalue weighted by Gasteiger charge is -2.30. The maximum Gasteiger partial charge on any atom is 0.298 e. The summed E-state index contributed by atoms with van der Waals surface area (Å²) >= 11 is 6.00. The van der Waals surface area contributed by atoms with E-state index in [1.165, 1.54) is 6.20 Å². The molecule has 1 amide bonds. The summed E-state index contributed by atoms with van der Waals surface area (Å²) in [6.45, 7) is 2.27. The summed E-state index contributed by atoms with van der Waals surface area (Å²) in [7, 11) is 0. The lowest BCUT2D eigenvalue weighted by molar-refractivity contribution is 0.0995. The van der Waals surface area contributed by atoms with Crippen LogP contribution in [0.15, 0.2) is 40.9 Å². The summed E-state index contributed by atoms with van der Waals surface area (Å²) in [5.41, 5.74) is 6.96. The Hall–Kier alpha value is -2.80. The van der Waals surface area contributed by atoms with Gasteiger partial charge in [-0.3, -0.25) is 9.78 Å². The molecule has 1 fully saturated rings. The number of rotatable bonds is 5. The Labute approximate surface area is 161 Å². The number of hydrogen-bond acceptors (Lipinski definition) is 6. The molecular weight excluding hydrogens is 368 g/mol. The van der Waals surface area contributed by atoms with Crippen LogP contribution < -0.4 is 15.4 Å². The number of carbonyl (C=O) groups is 1. The number of carbonyl (C=O) groups excluding carboxylic acids is 1. The number of anilines is 1. The fourth-order valence-corrected chi connectivity index (χ4v) is 3.32. The first kappa shape index (κ1) is 17.6. The molecule has 7 nitrogen and oxygen atoms in total. The lowest BCUT2D eigenvalue weighted by Crippen LogP contribution is -2.35. The summed E-state index contributed by atoms with van der Waals surface area (Å²) < 4.78 is 11.7. The molecule has 0 aliphatic carbocycles. The number of ether oxygens (including phenoxy) is 1. The Kier molecular flexibility index (Phi) is 4.85. The van der Waals surface area contributed by atoms with Gasteiger partial charge in [-0.1, -0.05) is 11.6 Å². The van der Waals surface area contributed by atoms with Crippen molar-refractivity contribution in [1.29, 1.82) is 0 Å². The van der Waals surface area contributed by atoms with E-state index in [0.29, 0.717) is 34.9 Å². The first-order chi connectivity index (χ1) is 13.1. The lowest BCUT2D eigenvalue weighted by atomic mass is 9.98. The molecule has 1 saturated heterocycles. The normalized spacial score (nSPS) is 15.2. The Morgan fingerprint density at radius 2 is 2.11 bits per heavy atom. The van der Waals surface area contributed by atoms with Gasteiger partial charge in [-0.2, -0.15) is 4.98 Å². The van der Waals surface area contributed by atoms with Crippen LogP contribution in [0, 0.1) is 5.92 Å². The number of aromatic nitrogens is 2.